The topological polar surface area (TPSA) is 79.4 Å². The lowest BCUT2D eigenvalue weighted by atomic mass is 10.0. The number of unbranched alkanes of at least 4 members (excludes halogenated alkanes) is 1. The number of imide groups is 1. The van der Waals surface area contributed by atoms with E-state index in [1.54, 1.807) is 48.7 Å². The van der Waals surface area contributed by atoms with Crippen LogP contribution >= 0.6 is 0 Å². The maximum absolute atomic E-state index is 12.5. The van der Waals surface area contributed by atoms with Crippen LogP contribution in [0.25, 0.3) is 0 Å². The van der Waals surface area contributed by atoms with Crippen molar-refractivity contribution in [3.63, 3.8) is 0 Å². The zero-order valence-corrected chi connectivity index (χ0v) is 14.6. The highest BCUT2D eigenvalue weighted by Gasteiger charge is 2.38. The van der Waals surface area contributed by atoms with Crippen LogP contribution in [-0.4, -0.2) is 22.7 Å². The van der Waals surface area contributed by atoms with E-state index in [2.05, 4.69) is 17.2 Å². The molecule has 1 aromatic carbocycles. The van der Waals surface area contributed by atoms with Crippen molar-refractivity contribution in [1.29, 1.82) is 0 Å². The minimum absolute atomic E-state index is 0. The highest BCUT2D eigenvalue weighted by molar-refractivity contribution is 6.21. The average molecular weight is 353 g/mol. The SMILES string of the molecule is CCCC[C@H]1CC(=O)N(c2ccc(NC(=O)c3ccccn3)cc2)C1=O.[HH]. The Hall–Kier alpha value is -3.02. The molecule has 1 aromatic heterocycles. The molecule has 2 heterocycles. The fourth-order valence-electron chi connectivity index (χ4n) is 3.03. The van der Waals surface area contributed by atoms with E-state index in [9.17, 15) is 14.4 Å². The average Bonchev–Trinajstić information content (AvgIpc) is 2.95. The van der Waals surface area contributed by atoms with Crippen LogP contribution in [0.5, 0.6) is 0 Å². The van der Waals surface area contributed by atoms with Crippen molar-refractivity contribution in [1.82, 2.24) is 4.98 Å². The van der Waals surface area contributed by atoms with Gasteiger partial charge in [-0.1, -0.05) is 25.8 Å². The van der Waals surface area contributed by atoms with Gasteiger partial charge in [0, 0.05) is 25.6 Å². The van der Waals surface area contributed by atoms with Gasteiger partial charge in [0.05, 0.1) is 5.69 Å². The maximum atomic E-state index is 12.5. The lowest BCUT2D eigenvalue weighted by molar-refractivity contribution is -0.122. The van der Waals surface area contributed by atoms with Crippen molar-refractivity contribution in [2.24, 2.45) is 5.92 Å². The molecule has 1 aliphatic rings. The van der Waals surface area contributed by atoms with Gasteiger partial charge in [-0.25, -0.2) is 0 Å². The minimum Gasteiger partial charge on any atom is -0.321 e. The molecular weight excluding hydrogens is 330 g/mol. The molecule has 1 aliphatic heterocycles. The highest BCUT2D eigenvalue weighted by Crippen LogP contribution is 2.30. The number of aromatic nitrogens is 1. The summed E-state index contributed by atoms with van der Waals surface area (Å²) in [6.07, 6.45) is 4.52. The molecule has 6 heteroatoms. The predicted molar refractivity (Wildman–Crippen MR) is 101 cm³/mol. The van der Waals surface area contributed by atoms with Crippen molar-refractivity contribution in [3.05, 3.63) is 54.4 Å². The largest absolute Gasteiger partial charge is 0.321 e. The van der Waals surface area contributed by atoms with Crippen LogP contribution in [0.15, 0.2) is 48.7 Å². The first-order valence-corrected chi connectivity index (χ1v) is 8.79. The van der Waals surface area contributed by atoms with Crippen LogP contribution in [-0.2, 0) is 9.59 Å². The number of hydrogen-bond acceptors (Lipinski definition) is 4. The summed E-state index contributed by atoms with van der Waals surface area (Å²) in [4.78, 5) is 42.1. The van der Waals surface area contributed by atoms with Crippen LogP contribution in [0.4, 0.5) is 11.4 Å². The van der Waals surface area contributed by atoms with Gasteiger partial charge in [0.1, 0.15) is 5.69 Å². The van der Waals surface area contributed by atoms with E-state index in [0.29, 0.717) is 17.1 Å². The molecule has 6 nitrogen and oxygen atoms in total. The fourth-order valence-corrected chi connectivity index (χ4v) is 3.03. The smallest absolute Gasteiger partial charge is 0.274 e. The van der Waals surface area contributed by atoms with Gasteiger partial charge in [0.25, 0.3) is 5.91 Å². The molecule has 136 valence electrons. The van der Waals surface area contributed by atoms with Gasteiger partial charge in [-0.15, -0.1) is 0 Å². The van der Waals surface area contributed by atoms with Crippen molar-refractivity contribution in [2.45, 2.75) is 32.6 Å². The predicted octanol–water partition coefficient (Wildman–Crippen LogP) is 3.65. The molecule has 0 aliphatic carbocycles. The van der Waals surface area contributed by atoms with Crippen molar-refractivity contribution in [2.75, 3.05) is 10.2 Å². The van der Waals surface area contributed by atoms with Crippen LogP contribution in [0.2, 0.25) is 0 Å². The number of nitrogens with zero attached hydrogens (tertiary/aromatic N) is 2. The Morgan fingerprint density at radius 1 is 1.23 bits per heavy atom. The van der Waals surface area contributed by atoms with Gasteiger partial charge in [0.2, 0.25) is 11.8 Å². The third kappa shape index (κ3) is 3.79. The van der Waals surface area contributed by atoms with Gasteiger partial charge < -0.3 is 5.32 Å². The monoisotopic (exact) mass is 353 g/mol. The number of rotatable bonds is 6. The second-order valence-electron chi connectivity index (χ2n) is 6.33. The molecule has 1 atom stereocenters. The number of carbonyl (C=O) groups excluding carboxylic acids is 3. The Morgan fingerprint density at radius 3 is 2.65 bits per heavy atom. The van der Waals surface area contributed by atoms with E-state index in [-0.39, 0.29) is 31.5 Å². The molecule has 2 aromatic rings. The van der Waals surface area contributed by atoms with Crippen LogP contribution < -0.4 is 10.2 Å². The van der Waals surface area contributed by atoms with Crippen molar-refractivity contribution in [3.8, 4) is 0 Å². The minimum atomic E-state index is -0.314. The molecule has 1 N–H and O–H groups in total. The second-order valence-corrected chi connectivity index (χ2v) is 6.33. The maximum Gasteiger partial charge on any atom is 0.274 e. The molecule has 0 unspecified atom stereocenters. The van der Waals surface area contributed by atoms with E-state index >= 15 is 0 Å². The van der Waals surface area contributed by atoms with Gasteiger partial charge in [-0.2, -0.15) is 0 Å². The van der Waals surface area contributed by atoms with Crippen LogP contribution in [0.3, 0.4) is 0 Å². The summed E-state index contributed by atoms with van der Waals surface area (Å²) in [5.41, 5.74) is 1.43. The number of anilines is 2. The molecule has 0 radical (unpaired) electrons. The van der Waals surface area contributed by atoms with Crippen LogP contribution in [0, 0.1) is 5.92 Å². The van der Waals surface area contributed by atoms with E-state index in [0.717, 1.165) is 19.3 Å². The summed E-state index contributed by atoms with van der Waals surface area (Å²) < 4.78 is 0. The number of pyridine rings is 1. The first kappa shape index (κ1) is 17.8. The first-order chi connectivity index (χ1) is 12.6. The third-order valence-corrected chi connectivity index (χ3v) is 4.43. The molecule has 1 fully saturated rings. The number of carbonyl (C=O) groups is 3. The van der Waals surface area contributed by atoms with E-state index in [1.165, 1.54) is 4.90 Å². The van der Waals surface area contributed by atoms with Gasteiger partial charge >= 0.3 is 0 Å². The molecule has 0 saturated carbocycles. The molecule has 0 bridgehead atoms. The quantitative estimate of drug-likeness (QED) is 0.804. The Kier molecular flexibility index (Phi) is 5.41. The Labute approximate surface area is 153 Å². The van der Waals surface area contributed by atoms with Crippen LogP contribution in [0.1, 0.15) is 44.5 Å². The van der Waals surface area contributed by atoms with Gasteiger partial charge in [-0.3, -0.25) is 24.3 Å². The van der Waals surface area contributed by atoms with E-state index < -0.39 is 0 Å². The summed E-state index contributed by atoms with van der Waals surface area (Å²) in [7, 11) is 0. The number of amides is 3. The first-order valence-electron chi connectivity index (χ1n) is 8.79. The zero-order valence-electron chi connectivity index (χ0n) is 14.6. The Balaban J connectivity index is 0.00000261. The molecule has 3 rings (SSSR count). The van der Waals surface area contributed by atoms with E-state index in [4.69, 9.17) is 0 Å². The lowest BCUT2D eigenvalue weighted by Gasteiger charge is -2.15. The number of benzene rings is 1. The molecule has 0 spiro atoms. The summed E-state index contributed by atoms with van der Waals surface area (Å²) in [6, 6.07) is 11.8. The highest BCUT2D eigenvalue weighted by atomic mass is 16.2. The summed E-state index contributed by atoms with van der Waals surface area (Å²) in [5.74, 6) is -0.826. The second kappa shape index (κ2) is 7.91. The van der Waals surface area contributed by atoms with Crippen molar-refractivity contribution >= 4 is 29.1 Å². The van der Waals surface area contributed by atoms with Gasteiger partial charge in [-0.05, 0) is 42.8 Å². The standard InChI is InChI=1S/C20H21N3O3.H2/c1-2-3-6-14-13-18(24)23(20(14)26)16-10-8-15(9-11-16)22-19(25)17-7-4-5-12-21-17;/h4-5,7-12,14H,2-3,6,13H2,1H3,(H,22,25);1H/t14-;/m0./s1. The number of hydrogen-bond donors (Lipinski definition) is 1. The summed E-state index contributed by atoms with van der Waals surface area (Å²) in [5, 5.41) is 2.75. The Morgan fingerprint density at radius 2 is 2.00 bits per heavy atom. The van der Waals surface area contributed by atoms with E-state index in [1.807, 2.05) is 0 Å². The molecule has 1 saturated heterocycles. The van der Waals surface area contributed by atoms with Crippen molar-refractivity contribution < 1.29 is 15.8 Å². The third-order valence-electron chi connectivity index (χ3n) is 4.43. The molecular formula is C20H23N3O3. The number of nitrogens with one attached hydrogen (secondary N) is 1. The lowest BCUT2D eigenvalue weighted by Crippen LogP contribution is -2.30. The summed E-state index contributed by atoms with van der Waals surface area (Å²) >= 11 is 0. The normalized spacial score (nSPS) is 16.8. The summed E-state index contributed by atoms with van der Waals surface area (Å²) in [6.45, 7) is 2.07. The molecule has 3 amide bonds. The van der Waals surface area contributed by atoms with Gasteiger partial charge in [0.15, 0.2) is 0 Å². The molecule has 26 heavy (non-hydrogen) atoms. The zero-order chi connectivity index (χ0) is 18.5. The Bertz CT molecular complexity index is 809. The fraction of sp³-hybridized carbons (Fsp3) is 0.300.